The van der Waals surface area contributed by atoms with Crippen LogP contribution in [0.3, 0.4) is 0 Å². The van der Waals surface area contributed by atoms with Crippen LogP contribution in [0.15, 0.2) is 22.7 Å². The van der Waals surface area contributed by atoms with Crippen molar-refractivity contribution in [3.8, 4) is 11.4 Å². The molecule has 1 aromatic heterocycles. The Bertz CT molecular complexity index is 625. The number of nitrogens with zero attached hydrogens (tertiary/aromatic N) is 2. The molecule has 0 amide bonds. The fourth-order valence-corrected chi connectivity index (χ4v) is 2.59. The maximum absolute atomic E-state index is 13.1. The van der Waals surface area contributed by atoms with Gasteiger partial charge in [0.25, 0.3) is 0 Å². The third-order valence-electron chi connectivity index (χ3n) is 2.62. The molecular weight excluding hydrogens is 367 g/mol. The van der Waals surface area contributed by atoms with Crippen molar-refractivity contribution in [2.75, 3.05) is 11.9 Å². The van der Waals surface area contributed by atoms with E-state index in [1.807, 2.05) is 13.8 Å². The highest BCUT2D eigenvalue weighted by Crippen LogP contribution is 2.38. The summed E-state index contributed by atoms with van der Waals surface area (Å²) in [5, 5.41) is 3.58. The topological polar surface area (TPSA) is 37.8 Å². The Labute approximate surface area is 132 Å². The van der Waals surface area contributed by atoms with E-state index in [9.17, 15) is 13.2 Å². The molecule has 0 bridgehead atoms. The van der Waals surface area contributed by atoms with E-state index >= 15 is 0 Å². The molecule has 1 aromatic carbocycles. The average Bonchev–Trinajstić information content (AvgIpc) is 2.84. The molecule has 2 aromatic rings. The maximum Gasteiger partial charge on any atom is 0.417 e. The zero-order valence-corrected chi connectivity index (χ0v) is 13.7. The minimum absolute atomic E-state index is 0.0143. The van der Waals surface area contributed by atoms with Gasteiger partial charge in [-0.05, 0) is 24.1 Å². The SMILES string of the molecule is CC(C)CNc1nc(-c2ccc(Br)cc2C(F)(F)F)ns1. The number of nitrogens with one attached hydrogen (secondary N) is 1. The monoisotopic (exact) mass is 379 g/mol. The van der Waals surface area contributed by atoms with Gasteiger partial charge in [-0.2, -0.15) is 22.5 Å². The summed E-state index contributed by atoms with van der Waals surface area (Å²) in [6, 6.07) is 3.96. The molecule has 1 heterocycles. The summed E-state index contributed by atoms with van der Waals surface area (Å²) in [4.78, 5) is 4.14. The summed E-state index contributed by atoms with van der Waals surface area (Å²) < 4.78 is 43.6. The summed E-state index contributed by atoms with van der Waals surface area (Å²) in [6.07, 6.45) is -4.45. The van der Waals surface area contributed by atoms with Crippen LogP contribution in [-0.2, 0) is 6.18 Å². The Morgan fingerprint density at radius 3 is 2.67 bits per heavy atom. The zero-order chi connectivity index (χ0) is 15.6. The van der Waals surface area contributed by atoms with Gasteiger partial charge in [-0.1, -0.05) is 29.8 Å². The van der Waals surface area contributed by atoms with Crippen molar-refractivity contribution in [1.82, 2.24) is 9.36 Å². The van der Waals surface area contributed by atoms with Gasteiger partial charge >= 0.3 is 6.18 Å². The highest BCUT2D eigenvalue weighted by atomic mass is 79.9. The number of aromatic nitrogens is 2. The standard InChI is InChI=1S/C13H13BrF3N3S/c1-7(2)6-18-12-19-11(20-21-12)9-4-3-8(14)5-10(9)13(15,16)17/h3-5,7H,6H2,1-2H3,(H,18,19,20). The quantitative estimate of drug-likeness (QED) is 0.806. The second-order valence-electron chi connectivity index (χ2n) is 4.89. The van der Waals surface area contributed by atoms with Gasteiger partial charge in [-0.3, -0.25) is 0 Å². The van der Waals surface area contributed by atoms with E-state index in [0.717, 1.165) is 17.6 Å². The summed E-state index contributed by atoms with van der Waals surface area (Å²) in [7, 11) is 0. The van der Waals surface area contributed by atoms with Crippen LogP contribution in [0.1, 0.15) is 19.4 Å². The number of rotatable bonds is 4. The first-order valence-corrected chi connectivity index (χ1v) is 7.78. The number of anilines is 1. The van der Waals surface area contributed by atoms with Crippen molar-refractivity contribution in [3.63, 3.8) is 0 Å². The molecule has 0 aliphatic heterocycles. The van der Waals surface area contributed by atoms with E-state index in [4.69, 9.17) is 0 Å². The molecule has 0 aliphatic rings. The maximum atomic E-state index is 13.1. The molecule has 114 valence electrons. The summed E-state index contributed by atoms with van der Waals surface area (Å²) in [6.45, 7) is 4.76. The fourth-order valence-electron chi connectivity index (χ4n) is 1.64. The molecule has 8 heteroatoms. The predicted octanol–water partition coefficient (Wildman–Crippen LogP) is 5.05. The van der Waals surface area contributed by atoms with Crippen molar-refractivity contribution < 1.29 is 13.2 Å². The van der Waals surface area contributed by atoms with E-state index in [1.165, 1.54) is 6.07 Å². The van der Waals surface area contributed by atoms with Gasteiger partial charge in [0.1, 0.15) is 0 Å². The van der Waals surface area contributed by atoms with Crippen LogP contribution in [0.25, 0.3) is 11.4 Å². The highest BCUT2D eigenvalue weighted by molar-refractivity contribution is 9.10. The first-order chi connectivity index (χ1) is 9.77. The van der Waals surface area contributed by atoms with Gasteiger partial charge in [0.2, 0.25) is 5.13 Å². The van der Waals surface area contributed by atoms with Crippen molar-refractivity contribution in [1.29, 1.82) is 0 Å². The lowest BCUT2D eigenvalue weighted by Crippen LogP contribution is -2.08. The van der Waals surface area contributed by atoms with E-state index in [-0.39, 0.29) is 11.4 Å². The van der Waals surface area contributed by atoms with Crippen LogP contribution in [-0.4, -0.2) is 15.9 Å². The number of benzene rings is 1. The van der Waals surface area contributed by atoms with E-state index < -0.39 is 11.7 Å². The van der Waals surface area contributed by atoms with Crippen LogP contribution >= 0.6 is 27.5 Å². The molecule has 0 saturated carbocycles. The van der Waals surface area contributed by atoms with Gasteiger partial charge in [0, 0.05) is 28.1 Å². The largest absolute Gasteiger partial charge is 0.417 e. The third-order valence-corrected chi connectivity index (χ3v) is 3.78. The Hall–Kier alpha value is -1.15. The van der Waals surface area contributed by atoms with E-state index in [0.29, 0.717) is 22.1 Å². The Balaban J connectivity index is 2.34. The predicted molar refractivity (Wildman–Crippen MR) is 81.4 cm³/mol. The Morgan fingerprint density at radius 2 is 2.05 bits per heavy atom. The molecule has 0 fully saturated rings. The highest BCUT2D eigenvalue weighted by Gasteiger charge is 2.34. The van der Waals surface area contributed by atoms with E-state index in [2.05, 4.69) is 30.6 Å². The van der Waals surface area contributed by atoms with Crippen LogP contribution in [0.4, 0.5) is 18.3 Å². The minimum Gasteiger partial charge on any atom is -0.360 e. The van der Waals surface area contributed by atoms with Crippen LogP contribution < -0.4 is 5.32 Å². The molecule has 0 atom stereocenters. The second kappa shape index (κ2) is 6.31. The number of hydrogen-bond acceptors (Lipinski definition) is 4. The van der Waals surface area contributed by atoms with Gasteiger partial charge < -0.3 is 5.32 Å². The average molecular weight is 380 g/mol. The number of hydrogen-bond donors (Lipinski definition) is 1. The normalized spacial score (nSPS) is 12.0. The molecular formula is C13H13BrF3N3S. The zero-order valence-electron chi connectivity index (χ0n) is 11.3. The molecule has 1 N–H and O–H groups in total. The lowest BCUT2D eigenvalue weighted by Gasteiger charge is -2.11. The number of alkyl halides is 3. The molecule has 3 nitrogen and oxygen atoms in total. The second-order valence-corrected chi connectivity index (χ2v) is 6.55. The molecule has 0 spiro atoms. The minimum atomic E-state index is -4.45. The number of halogens is 4. The van der Waals surface area contributed by atoms with Crippen molar-refractivity contribution in [2.45, 2.75) is 20.0 Å². The first kappa shape index (κ1) is 16.2. The lowest BCUT2D eigenvalue weighted by molar-refractivity contribution is -0.137. The Kier molecular flexibility index (Phi) is 4.88. The van der Waals surface area contributed by atoms with Crippen LogP contribution in [0.2, 0.25) is 0 Å². The summed E-state index contributed by atoms with van der Waals surface area (Å²) in [5.41, 5.74) is -0.760. The van der Waals surface area contributed by atoms with Gasteiger partial charge in [-0.25, -0.2) is 0 Å². The molecule has 0 radical (unpaired) electrons. The molecule has 2 rings (SSSR count). The van der Waals surface area contributed by atoms with Crippen molar-refractivity contribution >= 4 is 32.6 Å². The lowest BCUT2D eigenvalue weighted by atomic mass is 10.1. The molecule has 0 saturated heterocycles. The van der Waals surface area contributed by atoms with E-state index in [1.54, 1.807) is 6.07 Å². The molecule has 21 heavy (non-hydrogen) atoms. The summed E-state index contributed by atoms with van der Waals surface area (Å²) >= 11 is 4.12. The van der Waals surface area contributed by atoms with Gasteiger partial charge in [0.05, 0.1) is 5.56 Å². The van der Waals surface area contributed by atoms with Crippen LogP contribution in [0, 0.1) is 5.92 Å². The third kappa shape index (κ3) is 4.16. The smallest absolute Gasteiger partial charge is 0.360 e. The first-order valence-electron chi connectivity index (χ1n) is 6.22. The summed E-state index contributed by atoms with van der Waals surface area (Å²) in [5.74, 6) is 0.502. The molecule has 0 unspecified atom stereocenters. The fraction of sp³-hybridized carbons (Fsp3) is 0.385. The molecule has 0 aliphatic carbocycles. The van der Waals surface area contributed by atoms with Gasteiger partial charge in [0.15, 0.2) is 5.82 Å². The van der Waals surface area contributed by atoms with Crippen molar-refractivity contribution in [3.05, 3.63) is 28.2 Å². The van der Waals surface area contributed by atoms with Crippen molar-refractivity contribution in [2.24, 2.45) is 5.92 Å². The van der Waals surface area contributed by atoms with Gasteiger partial charge in [-0.15, -0.1) is 0 Å². The Morgan fingerprint density at radius 1 is 1.33 bits per heavy atom. The van der Waals surface area contributed by atoms with Crippen LogP contribution in [0.5, 0.6) is 0 Å².